The van der Waals surface area contributed by atoms with Crippen LogP contribution in [0.4, 0.5) is 0 Å². The number of carboxylic acid groups (broad SMARTS) is 1. The standard InChI is InChI=1S/C42H74NO10P/c1-3-5-7-9-11-13-15-17-19-21-23-25-27-29-31-33-40(44)50-35-38(36-51-54(48,49)52-37-39(43)42(46)47)53-41(45)34-32-30-28-26-24-22-20-18-16-14-12-10-8-6-4-2/h6,8,12,14,18,20,23,25,38-39H,3-5,7,9-11,13,15-17,19,21-22,24,26-37,43H2,1-2H3,(H,46,47)(H,48,49)/b8-6+,14-12+,20-18+,25-23+/t38-,39+/m1/s1. The van der Waals surface area contributed by atoms with E-state index in [9.17, 15) is 23.8 Å². The summed E-state index contributed by atoms with van der Waals surface area (Å²) in [6.45, 7) is 2.64. The molecular weight excluding hydrogens is 709 g/mol. The van der Waals surface area contributed by atoms with Gasteiger partial charge >= 0.3 is 25.7 Å². The van der Waals surface area contributed by atoms with Gasteiger partial charge in [0.05, 0.1) is 13.2 Å². The number of hydrogen-bond acceptors (Lipinski definition) is 9. The number of phosphoric acid groups is 1. The molecule has 0 aromatic heterocycles. The number of unbranched alkanes of at least 4 members (excludes halogenated alkanes) is 16. The van der Waals surface area contributed by atoms with E-state index in [4.69, 9.17) is 24.8 Å². The fourth-order valence-corrected chi connectivity index (χ4v) is 6.09. The Bertz CT molecular complexity index is 1110. The number of carbonyl (C=O) groups is 3. The topological polar surface area (TPSA) is 172 Å². The molecule has 0 amide bonds. The summed E-state index contributed by atoms with van der Waals surface area (Å²) in [5.41, 5.74) is 5.32. The number of allylic oxidation sites excluding steroid dienone is 8. The van der Waals surface area contributed by atoms with Gasteiger partial charge in [0.25, 0.3) is 0 Å². The lowest BCUT2D eigenvalue weighted by Gasteiger charge is -2.20. The smallest absolute Gasteiger partial charge is 0.472 e. The van der Waals surface area contributed by atoms with Crippen LogP contribution in [-0.2, 0) is 37.5 Å². The van der Waals surface area contributed by atoms with E-state index in [2.05, 4.69) is 67.0 Å². The quantitative estimate of drug-likeness (QED) is 0.0235. The molecule has 0 aliphatic heterocycles. The third-order valence-corrected chi connectivity index (χ3v) is 9.51. The molecule has 12 heteroatoms. The summed E-state index contributed by atoms with van der Waals surface area (Å²) in [5, 5.41) is 8.87. The minimum Gasteiger partial charge on any atom is -0.480 e. The highest BCUT2D eigenvalue weighted by Gasteiger charge is 2.28. The molecule has 0 fully saturated rings. The van der Waals surface area contributed by atoms with Gasteiger partial charge in [0.1, 0.15) is 12.6 Å². The van der Waals surface area contributed by atoms with E-state index in [0.29, 0.717) is 12.8 Å². The summed E-state index contributed by atoms with van der Waals surface area (Å²) in [5.74, 6) is -2.43. The Morgan fingerprint density at radius 3 is 1.61 bits per heavy atom. The lowest BCUT2D eigenvalue weighted by atomic mass is 10.1. The van der Waals surface area contributed by atoms with Crippen LogP contribution in [0.3, 0.4) is 0 Å². The molecular formula is C42H74NO10P. The van der Waals surface area contributed by atoms with Crippen molar-refractivity contribution >= 4 is 25.7 Å². The fraction of sp³-hybridized carbons (Fsp3) is 0.738. The molecule has 0 saturated carbocycles. The molecule has 1 unspecified atom stereocenters. The molecule has 54 heavy (non-hydrogen) atoms. The van der Waals surface area contributed by atoms with Crippen molar-refractivity contribution in [3.05, 3.63) is 48.6 Å². The van der Waals surface area contributed by atoms with E-state index in [-0.39, 0.29) is 19.4 Å². The van der Waals surface area contributed by atoms with E-state index < -0.39 is 51.1 Å². The first-order valence-electron chi connectivity index (χ1n) is 20.7. The number of aliphatic carboxylic acids is 1. The summed E-state index contributed by atoms with van der Waals surface area (Å²) in [6, 6.07) is -1.53. The van der Waals surface area contributed by atoms with E-state index in [0.717, 1.165) is 70.6 Å². The molecule has 0 bridgehead atoms. The predicted octanol–water partition coefficient (Wildman–Crippen LogP) is 10.6. The van der Waals surface area contributed by atoms with Gasteiger partial charge in [-0.25, -0.2) is 4.57 Å². The van der Waals surface area contributed by atoms with E-state index in [1.54, 1.807) is 0 Å². The first kappa shape index (κ1) is 51.4. The largest absolute Gasteiger partial charge is 0.480 e. The Balaban J connectivity index is 4.45. The molecule has 0 spiro atoms. The van der Waals surface area contributed by atoms with Crippen molar-refractivity contribution in [2.45, 2.75) is 180 Å². The Kier molecular flexibility index (Phi) is 35.6. The van der Waals surface area contributed by atoms with Gasteiger partial charge in [-0.1, -0.05) is 133 Å². The van der Waals surface area contributed by atoms with Crippen LogP contribution in [0.2, 0.25) is 0 Å². The number of nitrogens with two attached hydrogens (primary N) is 1. The third kappa shape index (κ3) is 36.4. The Hall–Kier alpha value is -2.56. The number of ether oxygens (including phenoxy) is 2. The highest BCUT2D eigenvalue weighted by Crippen LogP contribution is 2.43. The summed E-state index contributed by atoms with van der Waals surface area (Å²) in [6.07, 6.45) is 40.4. The second-order valence-corrected chi connectivity index (χ2v) is 15.2. The molecule has 0 aromatic carbocycles. The van der Waals surface area contributed by atoms with Gasteiger partial charge in [-0.05, 0) is 70.6 Å². The number of rotatable bonds is 38. The van der Waals surface area contributed by atoms with Crippen molar-refractivity contribution in [2.24, 2.45) is 5.73 Å². The van der Waals surface area contributed by atoms with Crippen LogP contribution in [0.5, 0.6) is 0 Å². The van der Waals surface area contributed by atoms with Crippen LogP contribution in [0.1, 0.15) is 168 Å². The molecule has 4 N–H and O–H groups in total. The zero-order chi connectivity index (χ0) is 40.0. The molecule has 312 valence electrons. The molecule has 0 aliphatic rings. The first-order chi connectivity index (χ1) is 26.1. The number of carbonyl (C=O) groups excluding carboxylic acids is 2. The van der Waals surface area contributed by atoms with Crippen molar-refractivity contribution in [2.75, 3.05) is 19.8 Å². The maximum absolute atomic E-state index is 12.6. The van der Waals surface area contributed by atoms with Gasteiger partial charge in [0.2, 0.25) is 0 Å². The van der Waals surface area contributed by atoms with Gasteiger partial charge in [-0.2, -0.15) is 0 Å². The van der Waals surface area contributed by atoms with Crippen LogP contribution >= 0.6 is 7.82 Å². The van der Waals surface area contributed by atoms with Gasteiger partial charge in [-0.3, -0.25) is 23.4 Å². The van der Waals surface area contributed by atoms with Crippen LogP contribution in [0, 0.1) is 0 Å². The van der Waals surface area contributed by atoms with Crippen LogP contribution in [0.25, 0.3) is 0 Å². The summed E-state index contributed by atoms with van der Waals surface area (Å²) in [7, 11) is -4.72. The number of hydrogen-bond donors (Lipinski definition) is 3. The Morgan fingerprint density at radius 2 is 1.04 bits per heavy atom. The van der Waals surface area contributed by atoms with E-state index in [1.165, 1.54) is 57.8 Å². The maximum atomic E-state index is 12.6. The molecule has 0 rings (SSSR count). The van der Waals surface area contributed by atoms with Crippen molar-refractivity contribution in [1.29, 1.82) is 0 Å². The van der Waals surface area contributed by atoms with E-state index >= 15 is 0 Å². The minimum atomic E-state index is -4.72. The Labute approximate surface area is 326 Å². The second kappa shape index (κ2) is 37.4. The van der Waals surface area contributed by atoms with Crippen LogP contribution in [-0.4, -0.2) is 59.9 Å². The van der Waals surface area contributed by atoms with Gasteiger partial charge < -0.3 is 25.2 Å². The Morgan fingerprint density at radius 1 is 0.593 bits per heavy atom. The highest BCUT2D eigenvalue weighted by molar-refractivity contribution is 7.47. The van der Waals surface area contributed by atoms with Gasteiger partial charge in [0.15, 0.2) is 6.10 Å². The first-order valence-corrected chi connectivity index (χ1v) is 22.2. The average Bonchev–Trinajstić information content (AvgIpc) is 3.14. The van der Waals surface area contributed by atoms with Crippen LogP contribution < -0.4 is 5.73 Å². The van der Waals surface area contributed by atoms with Crippen molar-refractivity contribution in [3.8, 4) is 0 Å². The van der Waals surface area contributed by atoms with Crippen molar-refractivity contribution in [1.82, 2.24) is 0 Å². The molecule has 0 aromatic rings. The SMILES string of the molecule is CC/C=C/C/C=C/C/C=C/CCCCCCCC(=O)O[C@H](COC(=O)CCCC/C=C/CCCCCCCCCCC)COP(=O)(O)OC[C@H](N)C(=O)O. The summed E-state index contributed by atoms with van der Waals surface area (Å²) in [4.78, 5) is 45.8. The lowest BCUT2D eigenvalue weighted by molar-refractivity contribution is -0.161. The predicted molar refractivity (Wildman–Crippen MR) is 217 cm³/mol. The summed E-state index contributed by atoms with van der Waals surface area (Å²) < 4.78 is 32.6. The molecule has 0 saturated heterocycles. The normalized spacial score (nSPS) is 14.3. The lowest BCUT2D eigenvalue weighted by Crippen LogP contribution is -2.34. The average molecular weight is 784 g/mol. The zero-order valence-corrected chi connectivity index (χ0v) is 34.4. The summed E-state index contributed by atoms with van der Waals surface area (Å²) >= 11 is 0. The molecule has 0 aliphatic carbocycles. The molecule has 0 radical (unpaired) electrons. The third-order valence-electron chi connectivity index (χ3n) is 8.56. The maximum Gasteiger partial charge on any atom is 0.472 e. The van der Waals surface area contributed by atoms with Gasteiger partial charge in [0, 0.05) is 12.8 Å². The van der Waals surface area contributed by atoms with E-state index in [1.807, 2.05) is 0 Å². The van der Waals surface area contributed by atoms with Crippen molar-refractivity contribution < 1.29 is 47.5 Å². The fourth-order valence-electron chi connectivity index (χ4n) is 5.31. The van der Waals surface area contributed by atoms with Gasteiger partial charge in [-0.15, -0.1) is 0 Å². The van der Waals surface area contributed by atoms with Crippen LogP contribution in [0.15, 0.2) is 48.6 Å². The molecule has 0 heterocycles. The number of phosphoric ester groups is 1. The highest BCUT2D eigenvalue weighted by atomic mass is 31.2. The zero-order valence-electron chi connectivity index (χ0n) is 33.6. The number of carboxylic acids is 1. The number of esters is 2. The monoisotopic (exact) mass is 784 g/mol. The molecule has 11 nitrogen and oxygen atoms in total. The molecule has 3 atom stereocenters. The second-order valence-electron chi connectivity index (χ2n) is 13.7. The van der Waals surface area contributed by atoms with Crippen molar-refractivity contribution in [3.63, 3.8) is 0 Å². The minimum absolute atomic E-state index is 0.136.